The van der Waals surface area contributed by atoms with Crippen molar-refractivity contribution in [3.05, 3.63) is 0 Å². The van der Waals surface area contributed by atoms with Crippen molar-refractivity contribution in [2.24, 2.45) is 0 Å². The molecule has 0 aromatic rings. The predicted molar refractivity (Wildman–Crippen MR) is 82.8 cm³/mol. The summed E-state index contributed by atoms with van der Waals surface area (Å²) in [5, 5.41) is 3.32. The first-order chi connectivity index (χ1) is 9.58. The van der Waals surface area contributed by atoms with Crippen LogP contribution >= 0.6 is 0 Å². The Labute approximate surface area is 124 Å². The van der Waals surface area contributed by atoms with Crippen LogP contribution in [-0.4, -0.2) is 49.2 Å². The van der Waals surface area contributed by atoms with Crippen molar-refractivity contribution in [1.29, 1.82) is 0 Å². The zero-order valence-corrected chi connectivity index (χ0v) is 13.7. The van der Waals surface area contributed by atoms with E-state index in [9.17, 15) is 4.79 Å². The number of rotatable bonds is 8. The molecule has 2 atom stereocenters. The van der Waals surface area contributed by atoms with Crippen molar-refractivity contribution in [2.75, 3.05) is 20.2 Å². The Morgan fingerprint density at radius 3 is 2.75 bits per heavy atom. The van der Waals surface area contributed by atoms with Gasteiger partial charge in [0.1, 0.15) is 6.04 Å². The van der Waals surface area contributed by atoms with Gasteiger partial charge in [0.25, 0.3) is 0 Å². The normalized spacial score (nSPS) is 21.9. The molecule has 1 aliphatic heterocycles. The maximum absolute atomic E-state index is 11.8. The van der Waals surface area contributed by atoms with E-state index in [0.29, 0.717) is 12.1 Å². The molecular formula is C16H32N2O2. The number of ether oxygens (including phenoxy) is 1. The monoisotopic (exact) mass is 284 g/mol. The van der Waals surface area contributed by atoms with Crippen LogP contribution in [0.3, 0.4) is 0 Å². The van der Waals surface area contributed by atoms with Crippen LogP contribution in [-0.2, 0) is 9.53 Å². The summed E-state index contributed by atoms with van der Waals surface area (Å²) in [5.74, 6) is -0.136. The average molecular weight is 284 g/mol. The molecule has 1 rings (SSSR count). The Hall–Kier alpha value is -0.610. The van der Waals surface area contributed by atoms with E-state index in [1.165, 1.54) is 45.8 Å². The summed E-state index contributed by atoms with van der Waals surface area (Å²) in [4.78, 5) is 14.4. The van der Waals surface area contributed by atoms with Crippen LogP contribution in [0.2, 0.25) is 0 Å². The fraction of sp³-hybridized carbons (Fsp3) is 0.938. The van der Waals surface area contributed by atoms with Crippen LogP contribution in [0, 0.1) is 0 Å². The van der Waals surface area contributed by atoms with Crippen molar-refractivity contribution >= 4 is 5.97 Å². The number of esters is 1. The second-order valence-corrected chi connectivity index (χ2v) is 6.16. The molecule has 0 amide bonds. The van der Waals surface area contributed by atoms with Crippen LogP contribution in [0.1, 0.15) is 59.3 Å². The second-order valence-electron chi connectivity index (χ2n) is 6.16. The molecule has 20 heavy (non-hydrogen) atoms. The van der Waals surface area contributed by atoms with Gasteiger partial charge in [-0.25, -0.2) is 0 Å². The molecule has 1 aliphatic rings. The maximum atomic E-state index is 11.8. The summed E-state index contributed by atoms with van der Waals surface area (Å²) >= 11 is 0. The molecule has 118 valence electrons. The Morgan fingerprint density at radius 2 is 2.15 bits per heavy atom. The summed E-state index contributed by atoms with van der Waals surface area (Å²) in [7, 11) is 1.47. The van der Waals surface area contributed by atoms with Gasteiger partial charge in [0.15, 0.2) is 0 Å². The molecule has 1 N–H and O–H groups in total. The van der Waals surface area contributed by atoms with E-state index in [0.717, 1.165) is 13.0 Å². The molecule has 1 saturated heterocycles. The minimum absolute atomic E-state index is 0.136. The van der Waals surface area contributed by atoms with Crippen LogP contribution in [0.25, 0.3) is 0 Å². The third kappa shape index (κ3) is 5.80. The van der Waals surface area contributed by atoms with E-state index in [1.807, 2.05) is 0 Å². The van der Waals surface area contributed by atoms with E-state index >= 15 is 0 Å². The third-order valence-electron chi connectivity index (χ3n) is 4.10. The summed E-state index contributed by atoms with van der Waals surface area (Å²) in [5.41, 5.74) is 0. The molecule has 0 saturated carbocycles. The fourth-order valence-electron chi connectivity index (χ4n) is 3.12. The van der Waals surface area contributed by atoms with Crippen LogP contribution in [0.5, 0.6) is 0 Å². The lowest BCUT2D eigenvalue weighted by Gasteiger charge is -2.36. The zero-order valence-electron chi connectivity index (χ0n) is 13.7. The average Bonchev–Trinajstić information content (AvgIpc) is 2.44. The Morgan fingerprint density at radius 1 is 1.40 bits per heavy atom. The van der Waals surface area contributed by atoms with Crippen molar-refractivity contribution in [3.63, 3.8) is 0 Å². The van der Waals surface area contributed by atoms with Crippen LogP contribution in [0.15, 0.2) is 0 Å². The molecule has 2 unspecified atom stereocenters. The predicted octanol–water partition coefficient (Wildman–Crippen LogP) is 2.57. The van der Waals surface area contributed by atoms with Gasteiger partial charge in [0.05, 0.1) is 7.11 Å². The van der Waals surface area contributed by atoms with E-state index in [1.54, 1.807) is 0 Å². The van der Waals surface area contributed by atoms with Gasteiger partial charge in [-0.1, -0.05) is 33.6 Å². The van der Waals surface area contributed by atoms with Gasteiger partial charge in [0.2, 0.25) is 0 Å². The molecule has 4 heteroatoms. The molecule has 4 nitrogen and oxygen atoms in total. The lowest BCUT2D eigenvalue weighted by Crippen LogP contribution is -2.46. The topological polar surface area (TPSA) is 41.6 Å². The number of likely N-dealkylation sites (tertiary alicyclic amines) is 1. The molecule has 1 fully saturated rings. The highest BCUT2D eigenvalue weighted by Crippen LogP contribution is 2.21. The molecule has 0 spiro atoms. The smallest absolute Gasteiger partial charge is 0.322 e. The number of nitrogens with one attached hydrogen (secondary N) is 1. The zero-order chi connectivity index (χ0) is 15.0. The molecule has 1 heterocycles. The van der Waals surface area contributed by atoms with Crippen molar-refractivity contribution in [2.45, 2.75) is 77.4 Å². The van der Waals surface area contributed by atoms with Gasteiger partial charge in [-0.3, -0.25) is 4.79 Å². The van der Waals surface area contributed by atoms with E-state index in [4.69, 9.17) is 4.74 Å². The molecule has 0 radical (unpaired) electrons. The summed E-state index contributed by atoms with van der Waals surface area (Å²) < 4.78 is 4.91. The number of piperidine rings is 1. The van der Waals surface area contributed by atoms with Gasteiger partial charge in [-0.05, 0) is 32.2 Å². The minimum atomic E-state index is -0.177. The van der Waals surface area contributed by atoms with Gasteiger partial charge >= 0.3 is 5.97 Å². The van der Waals surface area contributed by atoms with Crippen LogP contribution in [0.4, 0.5) is 0 Å². The highest BCUT2D eigenvalue weighted by atomic mass is 16.5. The Bertz CT molecular complexity index is 280. The molecule has 0 aromatic carbocycles. The lowest BCUT2D eigenvalue weighted by molar-refractivity contribution is -0.143. The lowest BCUT2D eigenvalue weighted by atomic mass is 9.97. The molecule has 0 aliphatic carbocycles. The number of nitrogens with zero attached hydrogens (tertiary/aromatic N) is 1. The van der Waals surface area contributed by atoms with E-state index in [-0.39, 0.29) is 12.0 Å². The fourth-order valence-corrected chi connectivity index (χ4v) is 3.12. The minimum Gasteiger partial charge on any atom is -0.468 e. The van der Waals surface area contributed by atoms with Crippen molar-refractivity contribution in [3.8, 4) is 0 Å². The molecule has 0 bridgehead atoms. The van der Waals surface area contributed by atoms with Crippen LogP contribution < -0.4 is 5.32 Å². The number of hydrogen-bond acceptors (Lipinski definition) is 4. The Balaban J connectivity index is 2.49. The Kier molecular flexibility index (Phi) is 8.15. The third-order valence-corrected chi connectivity index (χ3v) is 4.10. The van der Waals surface area contributed by atoms with Crippen molar-refractivity contribution in [1.82, 2.24) is 10.2 Å². The number of methoxy groups -OCH3 is 1. The second kappa shape index (κ2) is 9.35. The van der Waals surface area contributed by atoms with Crippen molar-refractivity contribution < 1.29 is 9.53 Å². The largest absolute Gasteiger partial charge is 0.468 e. The maximum Gasteiger partial charge on any atom is 0.322 e. The quantitative estimate of drug-likeness (QED) is 0.696. The van der Waals surface area contributed by atoms with Gasteiger partial charge in [-0.15, -0.1) is 0 Å². The first-order valence-corrected chi connectivity index (χ1v) is 8.16. The highest BCUT2D eigenvalue weighted by molar-refractivity contribution is 5.75. The molecular weight excluding hydrogens is 252 g/mol. The SMILES string of the molecule is CCCC1CCCCN1CCC(NC(C)C)C(=O)OC. The number of hydrogen-bond donors (Lipinski definition) is 1. The highest BCUT2D eigenvalue weighted by Gasteiger charge is 2.25. The standard InChI is InChI=1S/C16H32N2O2/c1-5-8-14-9-6-7-11-18(14)12-10-15(16(19)20-4)17-13(2)3/h13-15,17H,5-12H2,1-4H3. The van der Waals surface area contributed by atoms with Gasteiger partial charge < -0.3 is 15.0 Å². The summed E-state index contributed by atoms with van der Waals surface area (Å²) in [6.45, 7) is 8.56. The first kappa shape index (κ1) is 17.4. The van der Waals surface area contributed by atoms with E-state index in [2.05, 4.69) is 31.0 Å². The molecule has 0 aromatic heterocycles. The van der Waals surface area contributed by atoms with E-state index < -0.39 is 0 Å². The summed E-state index contributed by atoms with van der Waals surface area (Å²) in [6.07, 6.45) is 7.32. The van der Waals surface area contributed by atoms with Gasteiger partial charge in [-0.2, -0.15) is 0 Å². The summed E-state index contributed by atoms with van der Waals surface area (Å²) in [6, 6.07) is 0.835. The van der Waals surface area contributed by atoms with Gasteiger partial charge in [0, 0.05) is 18.6 Å². The number of carbonyl (C=O) groups is 1. The first-order valence-electron chi connectivity index (χ1n) is 8.16. The number of carbonyl (C=O) groups excluding carboxylic acids is 1.